The molecule has 2 aromatic carbocycles. The van der Waals surface area contributed by atoms with Gasteiger partial charge >= 0.3 is 7.69 Å². The molecule has 0 saturated carbocycles. The predicted molar refractivity (Wildman–Crippen MR) is 52.5 cm³/mol. The summed E-state index contributed by atoms with van der Waals surface area (Å²) in [6.07, 6.45) is 0. The Hall–Kier alpha value is -1.55. The maximum atomic E-state index is 13.3. The lowest BCUT2D eigenvalue weighted by molar-refractivity contribution is 0.456. The van der Waals surface area contributed by atoms with E-state index >= 15 is 0 Å². The first kappa shape index (κ1) is 9.03. The Morgan fingerprint density at radius 1 is 1.07 bits per heavy atom. The van der Waals surface area contributed by atoms with Crippen LogP contribution in [0.3, 0.4) is 0 Å². The van der Waals surface area contributed by atoms with Crippen molar-refractivity contribution in [1.29, 1.82) is 0 Å². The van der Waals surface area contributed by atoms with Gasteiger partial charge in [-0.2, -0.15) is 0 Å². The van der Waals surface area contributed by atoms with Gasteiger partial charge in [0, 0.05) is 10.8 Å². The van der Waals surface area contributed by atoms with Gasteiger partial charge in [-0.15, -0.1) is 0 Å². The molecule has 0 saturated heterocycles. The fourth-order valence-electron chi connectivity index (χ4n) is 1.39. The fourth-order valence-corrected chi connectivity index (χ4v) is 1.39. The molecule has 0 spiro atoms. The van der Waals surface area contributed by atoms with Crippen molar-refractivity contribution in [3.8, 4) is 5.75 Å². The van der Waals surface area contributed by atoms with Crippen molar-refractivity contribution < 1.29 is 14.1 Å². The van der Waals surface area contributed by atoms with Crippen LogP contribution in [0.1, 0.15) is 0 Å². The van der Waals surface area contributed by atoms with Gasteiger partial charge in [-0.25, -0.2) is 4.39 Å². The van der Waals surface area contributed by atoms with Gasteiger partial charge in [0.1, 0.15) is 11.6 Å². The van der Waals surface area contributed by atoms with E-state index in [1.54, 1.807) is 24.3 Å². The summed E-state index contributed by atoms with van der Waals surface area (Å²) in [5, 5.41) is 9.62. The van der Waals surface area contributed by atoms with Crippen LogP contribution < -0.4 is 4.65 Å². The van der Waals surface area contributed by atoms with Crippen molar-refractivity contribution in [2.24, 2.45) is 0 Å². The van der Waals surface area contributed by atoms with Crippen LogP contribution in [-0.2, 0) is 0 Å². The summed E-state index contributed by atoms with van der Waals surface area (Å²) in [6.45, 7) is 0. The molecule has 14 heavy (non-hydrogen) atoms. The zero-order valence-electron chi connectivity index (χ0n) is 7.27. The zero-order valence-corrected chi connectivity index (χ0v) is 7.27. The lowest BCUT2D eigenvalue weighted by atomic mass is 10.1. The highest BCUT2D eigenvalue weighted by atomic mass is 19.1. The van der Waals surface area contributed by atoms with Gasteiger partial charge in [0.05, 0.1) is 0 Å². The molecule has 0 amide bonds. The van der Waals surface area contributed by atoms with E-state index in [2.05, 4.69) is 0 Å². The Morgan fingerprint density at radius 3 is 2.50 bits per heavy atom. The molecule has 0 aromatic heterocycles. The third-order valence-corrected chi connectivity index (χ3v) is 2.01. The monoisotopic (exact) mass is 189 g/mol. The first-order valence-corrected chi connectivity index (χ1v) is 4.13. The smallest absolute Gasteiger partial charge is 0.537 e. The van der Waals surface area contributed by atoms with Gasteiger partial charge in [-0.1, -0.05) is 24.3 Å². The zero-order chi connectivity index (χ0) is 9.97. The summed E-state index contributed by atoms with van der Waals surface area (Å²) in [6, 6.07) is 9.71. The van der Waals surface area contributed by atoms with E-state index in [9.17, 15) is 4.39 Å². The Morgan fingerprint density at radius 2 is 1.79 bits per heavy atom. The molecule has 0 heterocycles. The summed E-state index contributed by atoms with van der Waals surface area (Å²) < 4.78 is 18.1. The molecule has 0 aliphatic carbocycles. The fraction of sp³-hybridized carbons (Fsp3) is 0. The third-order valence-electron chi connectivity index (χ3n) is 2.01. The summed E-state index contributed by atoms with van der Waals surface area (Å²) in [7, 11) is 0.583. The minimum Gasteiger partial charge on any atom is -0.537 e. The van der Waals surface area contributed by atoms with E-state index in [4.69, 9.17) is 9.68 Å². The molecule has 2 nitrogen and oxygen atoms in total. The molecule has 69 valence electrons. The van der Waals surface area contributed by atoms with E-state index in [-0.39, 0.29) is 5.82 Å². The van der Waals surface area contributed by atoms with Gasteiger partial charge in [0.2, 0.25) is 0 Å². The standard InChI is InChI=1S/C10H7BFO2/c12-9-5-6-10(14-11-13)8-4-2-1-3-7(8)9/h1-6,13H. The van der Waals surface area contributed by atoms with E-state index in [0.29, 0.717) is 24.2 Å². The van der Waals surface area contributed by atoms with E-state index < -0.39 is 0 Å². The van der Waals surface area contributed by atoms with Crippen LogP contribution in [0.15, 0.2) is 36.4 Å². The maximum absolute atomic E-state index is 13.3. The average Bonchev–Trinajstić information content (AvgIpc) is 2.23. The van der Waals surface area contributed by atoms with E-state index in [1.165, 1.54) is 12.1 Å². The molecule has 0 fully saturated rings. The van der Waals surface area contributed by atoms with Crippen LogP contribution in [0.4, 0.5) is 4.39 Å². The van der Waals surface area contributed by atoms with Crippen molar-refractivity contribution in [2.75, 3.05) is 0 Å². The molecule has 0 bridgehead atoms. The van der Waals surface area contributed by atoms with Gasteiger partial charge in [-0.05, 0) is 12.1 Å². The topological polar surface area (TPSA) is 29.5 Å². The van der Waals surface area contributed by atoms with E-state index in [1.807, 2.05) is 0 Å². The molecule has 0 aliphatic rings. The van der Waals surface area contributed by atoms with Gasteiger partial charge in [0.25, 0.3) is 0 Å². The molecule has 0 aliphatic heterocycles. The van der Waals surface area contributed by atoms with Crippen LogP contribution in [0.5, 0.6) is 5.75 Å². The molecule has 4 heteroatoms. The second kappa shape index (κ2) is 3.68. The highest BCUT2D eigenvalue weighted by Gasteiger charge is 2.05. The molecule has 0 unspecified atom stereocenters. The number of hydrogen-bond acceptors (Lipinski definition) is 2. The van der Waals surface area contributed by atoms with Crippen molar-refractivity contribution in [2.45, 2.75) is 0 Å². The number of hydrogen-bond donors (Lipinski definition) is 1. The predicted octanol–water partition coefficient (Wildman–Crippen LogP) is 1.88. The Bertz CT molecular complexity index is 459. The van der Waals surface area contributed by atoms with Gasteiger partial charge < -0.3 is 9.68 Å². The Labute approximate surface area is 81.2 Å². The van der Waals surface area contributed by atoms with Crippen molar-refractivity contribution >= 4 is 18.5 Å². The highest BCUT2D eigenvalue weighted by molar-refractivity contribution is 6.18. The summed E-state index contributed by atoms with van der Waals surface area (Å²) >= 11 is 0. The first-order valence-electron chi connectivity index (χ1n) is 4.13. The van der Waals surface area contributed by atoms with Crippen molar-refractivity contribution in [1.82, 2.24) is 0 Å². The van der Waals surface area contributed by atoms with E-state index in [0.717, 1.165) is 0 Å². The number of rotatable bonds is 2. The average molecular weight is 189 g/mol. The lowest BCUT2D eigenvalue weighted by Gasteiger charge is -2.06. The normalized spacial score (nSPS) is 10.1. The SMILES string of the molecule is O[B]Oc1ccc(F)c2ccccc12. The van der Waals surface area contributed by atoms with Crippen LogP contribution in [0.2, 0.25) is 0 Å². The minimum absolute atomic E-state index is 0.300. The summed E-state index contributed by atoms with van der Waals surface area (Å²) in [4.78, 5) is 0. The molecular weight excluding hydrogens is 182 g/mol. The summed E-state index contributed by atoms with van der Waals surface area (Å²) in [5.41, 5.74) is 0. The third kappa shape index (κ3) is 1.44. The largest absolute Gasteiger partial charge is 0.569 e. The molecule has 1 radical (unpaired) electrons. The second-order valence-electron chi connectivity index (χ2n) is 2.81. The van der Waals surface area contributed by atoms with Gasteiger partial charge in [0.15, 0.2) is 0 Å². The number of halogens is 1. The van der Waals surface area contributed by atoms with Crippen molar-refractivity contribution in [3.05, 3.63) is 42.2 Å². The van der Waals surface area contributed by atoms with Crippen LogP contribution in [-0.4, -0.2) is 12.7 Å². The molecule has 0 atom stereocenters. The molecule has 2 rings (SSSR count). The van der Waals surface area contributed by atoms with Crippen LogP contribution >= 0.6 is 0 Å². The maximum Gasteiger partial charge on any atom is 0.569 e. The number of fused-ring (bicyclic) bond motifs is 1. The summed E-state index contributed by atoms with van der Waals surface area (Å²) in [5.74, 6) is 0.135. The second-order valence-corrected chi connectivity index (χ2v) is 2.81. The molecule has 1 N–H and O–H groups in total. The van der Waals surface area contributed by atoms with Gasteiger partial charge in [-0.3, -0.25) is 0 Å². The Balaban J connectivity index is 2.68. The molecule has 2 aromatic rings. The van der Waals surface area contributed by atoms with Crippen molar-refractivity contribution in [3.63, 3.8) is 0 Å². The first-order chi connectivity index (χ1) is 6.83. The quantitative estimate of drug-likeness (QED) is 0.730. The molecular formula is C10H7BFO2. The number of benzene rings is 2. The van der Waals surface area contributed by atoms with Crippen LogP contribution in [0, 0.1) is 5.82 Å². The minimum atomic E-state index is -0.300. The lowest BCUT2D eigenvalue weighted by Crippen LogP contribution is -2.00. The highest BCUT2D eigenvalue weighted by Crippen LogP contribution is 2.27. The Kier molecular flexibility index (Phi) is 2.37. The van der Waals surface area contributed by atoms with Crippen LogP contribution in [0.25, 0.3) is 10.8 Å².